The molecule has 2 saturated carbocycles. The van der Waals surface area contributed by atoms with Gasteiger partial charge in [-0.2, -0.15) is 0 Å². The van der Waals surface area contributed by atoms with Crippen LogP contribution in [0.1, 0.15) is 58.8 Å². The number of ketones is 1. The molecule has 2 rings (SSSR count). The molecule has 0 aromatic carbocycles. The molecule has 0 heterocycles. The summed E-state index contributed by atoms with van der Waals surface area (Å²) in [7, 11) is 0. The highest BCUT2D eigenvalue weighted by molar-refractivity contribution is 5.87. The quantitative estimate of drug-likeness (QED) is 0.623. The van der Waals surface area contributed by atoms with Crippen molar-refractivity contribution in [2.75, 3.05) is 0 Å². The number of rotatable bonds is 1. The van der Waals surface area contributed by atoms with Crippen molar-refractivity contribution in [2.24, 2.45) is 17.3 Å². The Hall–Kier alpha value is -0.330. The molecule has 2 aliphatic rings. The van der Waals surface area contributed by atoms with Gasteiger partial charge in [0, 0.05) is 11.8 Å². The lowest BCUT2D eigenvalue weighted by molar-refractivity contribution is -0.134. The minimum absolute atomic E-state index is 0.118. The molecule has 1 heteroatoms. The summed E-state index contributed by atoms with van der Waals surface area (Å²) in [5.74, 6) is 1.94. The van der Waals surface area contributed by atoms with E-state index >= 15 is 0 Å². The van der Waals surface area contributed by atoms with Crippen LogP contribution in [0.25, 0.3) is 0 Å². The second-order valence-corrected chi connectivity index (χ2v) is 5.25. The van der Waals surface area contributed by atoms with E-state index < -0.39 is 0 Å². The van der Waals surface area contributed by atoms with Crippen molar-refractivity contribution in [1.29, 1.82) is 0 Å². The van der Waals surface area contributed by atoms with E-state index in [0.717, 1.165) is 12.8 Å². The summed E-state index contributed by atoms with van der Waals surface area (Å²) in [5.41, 5.74) is 0.118. The van der Waals surface area contributed by atoms with Crippen LogP contribution in [0.2, 0.25) is 0 Å². The van der Waals surface area contributed by atoms with Crippen LogP contribution < -0.4 is 0 Å². The van der Waals surface area contributed by atoms with E-state index in [1.165, 1.54) is 32.1 Å². The molecule has 0 aliphatic heterocycles. The van der Waals surface area contributed by atoms with E-state index in [1.807, 2.05) is 0 Å². The van der Waals surface area contributed by atoms with Crippen molar-refractivity contribution in [3.8, 4) is 0 Å². The summed E-state index contributed by atoms with van der Waals surface area (Å²) in [5, 5.41) is 0. The Bertz CT molecular complexity index is 233. The zero-order chi connectivity index (χ0) is 10.2. The zero-order valence-corrected chi connectivity index (χ0v) is 9.51. The predicted octanol–water partition coefficient (Wildman–Crippen LogP) is 3.57. The smallest absolute Gasteiger partial charge is 0.139 e. The monoisotopic (exact) mass is 194 g/mol. The molecule has 2 aliphatic carbocycles. The molecule has 2 fully saturated rings. The molecule has 1 spiro atoms. The van der Waals surface area contributed by atoms with Crippen molar-refractivity contribution >= 4 is 5.78 Å². The van der Waals surface area contributed by atoms with Gasteiger partial charge in [-0.1, -0.05) is 26.7 Å². The van der Waals surface area contributed by atoms with Crippen LogP contribution in [-0.2, 0) is 4.79 Å². The lowest BCUT2D eigenvalue weighted by Gasteiger charge is -2.45. The predicted molar refractivity (Wildman–Crippen MR) is 58.1 cm³/mol. The van der Waals surface area contributed by atoms with Gasteiger partial charge in [0.15, 0.2) is 0 Å². The van der Waals surface area contributed by atoms with E-state index in [-0.39, 0.29) is 5.41 Å². The first-order valence-electron chi connectivity index (χ1n) is 6.25. The maximum atomic E-state index is 12.1. The van der Waals surface area contributed by atoms with Crippen molar-refractivity contribution in [1.82, 2.24) is 0 Å². The molecule has 0 N–H and O–H groups in total. The summed E-state index contributed by atoms with van der Waals surface area (Å²) in [6.07, 6.45) is 8.33. The Morgan fingerprint density at radius 1 is 1.36 bits per heavy atom. The highest BCUT2D eigenvalue weighted by Gasteiger charge is 2.51. The molecule has 14 heavy (non-hydrogen) atoms. The van der Waals surface area contributed by atoms with Gasteiger partial charge in [-0.3, -0.25) is 4.79 Å². The van der Waals surface area contributed by atoms with Gasteiger partial charge >= 0.3 is 0 Å². The minimum atomic E-state index is 0.118. The molecule has 3 atom stereocenters. The average Bonchev–Trinajstić information content (AvgIpc) is 2.55. The van der Waals surface area contributed by atoms with E-state index in [0.29, 0.717) is 17.6 Å². The third-order valence-corrected chi connectivity index (χ3v) is 4.80. The van der Waals surface area contributed by atoms with Crippen LogP contribution in [0.5, 0.6) is 0 Å². The number of hydrogen-bond acceptors (Lipinski definition) is 1. The Morgan fingerprint density at radius 2 is 2.14 bits per heavy atom. The fourth-order valence-corrected chi connectivity index (χ4v) is 4.02. The molecule has 0 amide bonds. The molecule has 0 saturated heterocycles. The third-order valence-electron chi connectivity index (χ3n) is 4.80. The van der Waals surface area contributed by atoms with Crippen LogP contribution in [-0.4, -0.2) is 5.78 Å². The van der Waals surface area contributed by atoms with Gasteiger partial charge in [0.05, 0.1) is 0 Å². The van der Waals surface area contributed by atoms with Gasteiger partial charge in [0.2, 0.25) is 0 Å². The van der Waals surface area contributed by atoms with Gasteiger partial charge in [-0.05, 0) is 37.5 Å². The maximum Gasteiger partial charge on any atom is 0.139 e. The Morgan fingerprint density at radius 3 is 2.71 bits per heavy atom. The number of carbonyl (C=O) groups is 1. The summed E-state index contributed by atoms with van der Waals surface area (Å²) in [6, 6.07) is 0. The summed E-state index contributed by atoms with van der Waals surface area (Å²) in [6.45, 7) is 4.57. The Kier molecular flexibility index (Phi) is 2.68. The van der Waals surface area contributed by atoms with Crippen molar-refractivity contribution in [3.63, 3.8) is 0 Å². The normalized spacial score (nSPS) is 43.4. The lowest BCUT2D eigenvalue weighted by atomic mass is 9.58. The molecular weight excluding hydrogens is 172 g/mol. The van der Waals surface area contributed by atoms with Gasteiger partial charge < -0.3 is 0 Å². The van der Waals surface area contributed by atoms with Gasteiger partial charge in [-0.15, -0.1) is 0 Å². The van der Waals surface area contributed by atoms with Crippen LogP contribution in [0, 0.1) is 17.3 Å². The van der Waals surface area contributed by atoms with Gasteiger partial charge in [-0.25, -0.2) is 0 Å². The molecular formula is C13H22O. The molecule has 0 radical (unpaired) electrons. The number of Topliss-reactive ketones (excluding diaryl/α,β-unsaturated/α-hetero) is 1. The van der Waals surface area contributed by atoms with Crippen LogP contribution in [0.3, 0.4) is 0 Å². The Labute approximate surface area is 87.3 Å². The molecule has 0 aromatic heterocycles. The highest BCUT2D eigenvalue weighted by Crippen LogP contribution is 2.54. The maximum absolute atomic E-state index is 12.1. The number of carbonyl (C=O) groups excluding carboxylic acids is 1. The summed E-state index contributed by atoms with van der Waals surface area (Å²) in [4.78, 5) is 12.1. The molecule has 1 nitrogen and oxygen atoms in total. The van der Waals surface area contributed by atoms with E-state index in [4.69, 9.17) is 0 Å². The van der Waals surface area contributed by atoms with Crippen LogP contribution in [0.15, 0.2) is 0 Å². The summed E-state index contributed by atoms with van der Waals surface area (Å²) < 4.78 is 0. The summed E-state index contributed by atoms with van der Waals surface area (Å²) >= 11 is 0. The third kappa shape index (κ3) is 1.24. The van der Waals surface area contributed by atoms with E-state index in [1.54, 1.807) is 0 Å². The lowest BCUT2D eigenvalue weighted by Crippen LogP contribution is -2.43. The first kappa shape index (κ1) is 10.2. The average molecular weight is 194 g/mol. The first-order chi connectivity index (χ1) is 6.71. The van der Waals surface area contributed by atoms with E-state index in [2.05, 4.69) is 13.8 Å². The SMILES string of the molecule is CC[C@H]1CCC[C@H](C)C12CCCC2=O. The largest absolute Gasteiger partial charge is 0.299 e. The van der Waals surface area contributed by atoms with Crippen LogP contribution >= 0.6 is 0 Å². The molecule has 0 aromatic rings. The minimum Gasteiger partial charge on any atom is -0.299 e. The second kappa shape index (κ2) is 3.67. The fourth-order valence-electron chi connectivity index (χ4n) is 4.02. The van der Waals surface area contributed by atoms with Gasteiger partial charge in [0.25, 0.3) is 0 Å². The van der Waals surface area contributed by atoms with E-state index in [9.17, 15) is 4.79 Å². The van der Waals surface area contributed by atoms with Crippen molar-refractivity contribution in [3.05, 3.63) is 0 Å². The standard InChI is InChI=1S/C13H22O/c1-3-11-7-4-6-10(2)13(11)9-5-8-12(13)14/h10-11H,3-9H2,1-2H3/t10-,11-,13?/m0/s1. The highest BCUT2D eigenvalue weighted by atomic mass is 16.1. The van der Waals surface area contributed by atoms with Gasteiger partial charge in [0.1, 0.15) is 5.78 Å². The molecule has 1 unspecified atom stereocenters. The second-order valence-electron chi connectivity index (χ2n) is 5.25. The molecule has 80 valence electrons. The molecule has 0 bridgehead atoms. The number of hydrogen-bond donors (Lipinski definition) is 0. The van der Waals surface area contributed by atoms with Crippen molar-refractivity contribution in [2.45, 2.75) is 58.8 Å². The zero-order valence-electron chi connectivity index (χ0n) is 9.51. The topological polar surface area (TPSA) is 17.1 Å². The Balaban J connectivity index is 2.29. The van der Waals surface area contributed by atoms with Crippen molar-refractivity contribution < 1.29 is 4.79 Å². The van der Waals surface area contributed by atoms with Crippen LogP contribution in [0.4, 0.5) is 0 Å². The first-order valence-corrected chi connectivity index (χ1v) is 6.25. The fraction of sp³-hybridized carbons (Fsp3) is 0.923.